The summed E-state index contributed by atoms with van der Waals surface area (Å²) in [4.78, 5) is 11.7. The van der Waals surface area contributed by atoms with Gasteiger partial charge in [0.05, 0.1) is 0 Å². The Hall–Kier alpha value is -1.37. The zero-order valence-electron chi connectivity index (χ0n) is 8.57. The summed E-state index contributed by atoms with van der Waals surface area (Å²) in [5, 5.41) is 0. The summed E-state index contributed by atoms with van der Waals surface area (Å²) in [5.41, 5.74) is 1.10. The van der Waals surface area contributed by atoms with Gasteiger partial charge in [0, 0.05) is 12.3 Å². The Kier molecular flexibility index (Phi) is 4.11. The summed E-state index contributed by atoms with van der Waals surface area (Å²) in [5.74, 6) is 0.298. The molecule has 0 fully saturated rings. The Morgan fingerprint density at radius 3 is 2.64 bits per heavy atom. The number of benzene rings is 1. The number of carbonyl (C=O) groups excluding carboxylic acids is 1. The standard InChI is InChI=1S/C13H16O/c1-3-4-10-13(14)11(2)12-8-6-5-7-9-12/h3,5-9,11H,1,4,10H2,2H3. The highest BCUT2D eigenvalue weighted by Crippen LogP contribution is 2.17. The largest absolute Gasteiger partial charge is 0.299 e. The molecular weight excluding hydrogens is 172 g/mol. The molecule has 0 bridgehead atoms. The average Bonchev–Trinajstić information content (AvgIpc) is 2.26. The first-order valence-electron chi connectivity index (χ1n) is 4.94. The number of allylic oxidation sites excluding steroid dienone is 1. The fourth-order valence-electron chi connectivity index (χ4n) is 1.39. The SMILES string of the molecule is C=CCCC(=O)C(C)c1ccccc1. The molecule has 1 heteroatoms. The normalized spacial score (nSPS) is 12.1. The van der Waals surface area contributed by atoms with Crippen LogP contribution in [0.15, 0.2) is 43.0 Å². The first-order chi connectivity index (χ1) is 6.75. The number of rotatable bonds is 5. The molecule has 14 heavy (non-hydrogen) atoms. The second-order valence-electron chi connectivity index (χ2n) is 3.43. The van der Waals surface area contributed by atoms with Crippen LogP contribution in [0.1, 0.15) is 31.2 Å². The molecule has 1 atom stereocenters. The first-order valence-corrected chi connectivity index (χ1v) is 4.94. The maximum absolute atomic E-state index is 11.7. The van der Waals surface area contributed by atoms with Crippen LogP contribution in [0.2, 0.25) is 0 Å². The van der Waals surface area contributed by atoms with E-state index in [0.717, 1.165) is 12.0 Å². The summed E-state index contributed by atoms with van der Waals surface area (Å²) in [6.07, 6.45) is 3.16. The zero-order valence-corrected chi connectivity index (χ0v) is 8.57. The summed E-state index contributed by atoms with van der Waals surface area (Å²) < 4.78 is 0. The fraction of sp³-hybridized carbons (Fsp3) is 0.308. The molecule has 0 aliphatic rings. The molecule has 0 spiro atoms. The van der Waals surface area contributed by atoms with Gasteiger partial charge in [-0.15, -0.1) is 6.58 Å². The second kappa shape index (κ2) is 5.38. The lowest BCUT2D eigenvalue weighted by Gasteiger charge is -2.09. The highest BCUT2D eigenvalue weighted by atomic mass is 16.1. The number of hydrogen-bond donors (Lipinski definition) is 0. The molecule has 1 rings (SSSR count). The van der Waals surface area contributed by atoms with Crippen molar-refractivity contribution in [3.05, 3.63) is 48.6 Å². The van der Waals surface area contributed by atoms with Crippen molar-refractivity contribution in [2.75, 3.05) is 0 Å². The molecule has 0 saturated carbocycles. The molecule has 1 unspecified atom stereocenters. The van der Waals surface area contributed by atoms with Crippen LogP contribution in [-0.2, 0) is 4.79 Å². The van der Waals surface area contributed by atoms with Gasteiger partial charge in [0.2, 0.25) is 0 Å². The quantitative estimate of drug-likeness (QED) is 0.648. The lowest BCUT2D eigenvalue weighted by Crippen LogP contribution is -2.08. The van der Waals surface area contributed by atoms with E-state index in [4.69, 9.17) is 0 Å². The van der Waals surface area contributed by atoms with Gasteiger partial charge in [0.1, 0.15) is 5.78 Å². The Morgan fingerprint density at radius 1 is 1.43 bits per heavy atom. The van der Waals surface area contributed by atoms with Crippen molar-refractivity contribution < 1.29 is 4.79 Å². The Bertz CT molecular complexity index is 300. The van der Waals surface area contributed by atoms with Crippen molar-refractivity contribution in [2.45, 2.75) is 25.7 Å². The average molecular weight is 188 g/mol. The monoisotopic (exact) mass is 188 g/mol. The van der Waals surface area contributed by atoms with Crippen LogP contribution in [0.5, 0.6) is 0 Å². The Labute approximate surface area is 85.5 Å². The summed E-state index contributed by atoms with van der Waals surface area (Å²) in [7, 11) is 0. The summed E-state index contributed by atoms with van der Waals surface area (Å²) in [6.45, 7) is 5.57. The van der Waals surface area contributed by atoms with E-state index in [1.165, 1.54) is 0 Å². The predicted octanol–water partition coefficient (Wildman–Crippen LogP) is 3.33. The van der Waals surface area contributed by atoms with Gasteiger partial charge in [-0.25, -0.2) is 0 Å². The third-order valence-electron chi connectivity index (χ3n) is 2.38. The van der Waals surface area contributed by atoms with Gasteiger partial charge in [-0.1, -0.05) is 43.3 Å². The van der Waals surface area contributed by atoms with E-state index in [9.17, 15) is 4.79 Å². The van der Waals surface area contributed by atoms with E-state index in [1.807, 2.05) is 37.3 Å². The van der Waals surface area contributed by atoms with Gasteiger partial charge in [0.25, 0.3) is 0 Å². The molecule has 0 aliphatic heterocycles. The number of hydrogen-bond acceptors (Lipinski definition) is 1. The minimum Gasteiger partial charge on any atom is -0.299 e. The Balaban J connectivity index is 2.61. The van der Waals surface area contributed by atoms with Crippen LogP contribution in [0, 0.1) is 0 Å². The molecular formula is C13H16O. The van der Waals surface area contributed by atoms with Gasteiger partial charge >= 0.3 is 0 Å². The van der Waals surface area contributed by atoms with Gasteiger partial charge in [-0.05, 0) is 12.0 Å². The molecule has 1 nitrogen and oxygen atoms in total. The van der Waals surface area contributed by atoms with Crippen molar-refractivity contribution in [3.8, 4) is 0 Å². The summed E-state index contributed by atoms with van der Waals surface area (Å²) in [6, 6.07) is 9.89. The third-order valence-corrected chi connectivity index (χ3v) is 2.38. The highest BCUT2D eigenvalue weighted by Gasteiger charge is 2.13. The lowest BCUT2D eigenvalue weighted by molar-refractivity contribution is -0.120. The van der Waals surface area contributed by atoms with Crippen LogP contribution < -0.4 is 0 Å². The van der Waals surface area contributed by atoms with E-state index >= 15 is 0 Å². The number of carbonyl (C=O) groups is 1. The van der Waals surface area contributed by atoms with Gasteiger partial charge in [-0.2, -0.15) is 0 Å². The molecule has 0 aromatic heterocycles. The van der Waals surface area contributed by atoms with Gasteiger partial charge < -0.3 is 0 Å². The van der Waals surface area contributed by atoms with E-state index in [0.29, 0.717) is 6.42 Å². The second-order valence-corrected chi connectivity index (χ2v) is 3.43. The molecule has 0 radical (unpaired) electrons. The molecule has 0 heterocycles. The van der Waals surface area contributed by atoms with E-state index in [1.54, 1.807) is 6.08 Å². The summed E-state index contributed by atoms with van der Waals surface area (Å²) >= 11 is 0. The molecule has 0 amide bonds. The smallest absolute Gasteiger partial charge is 0.140 e. The topological polar surface area (TPSA) is 17.1 Å². The zero-order chi connectivity index (χ0) is 10.4. The van der Waals surface area contributed by atoms with Crippen molar-refractivity contribution >= 4 is 5.78 Å². The van der Waals surface area contributed by atoms with Crippen LogP contribution >= 0.6 is 0 Å². The number of Topliss-reactive ketones (excluding diaryl/α,β-unsaturated/α-hetero) is 1. The van der Waals surface area contributed by atoms with E-state index in [-0.39, 0.29) is 11.7 Å². The number of ketones is 1. The molecule has 0 saturated heterocycles. The Morgan fingerprint density at radius 2 is 2.07 bits per heavy atom. The van der Waals surface area contributed by atoms with Crippen LogP contribution in [0.3, 0.4) is 0 Å². The molecule has 1 aromatic rings. The maximum Gasteiger partial charge on any atom is 0.140 e. The van der Waals surface area contributed by atoms with Crippen molar-refractivity contribution in [1.82, 2.24) is 0 Å². The van der Waals surface area contributed by atoms with Crippen molar-refractivity contribution in [1.29, 1.82) is 0 Å². The third kappa shape index (κ3) is 2.84. The lowest BCUT2D eigenvalue weighted by atomic mass is 9.94. The minimum atomic E-state index is 0.0103. The van der Waals surface area contributed by atoms with Crippen LogP contribution in [-0.4, -0.2) is 5.78 Å². The maximum atomic E-state index is 11.7. The molecule has 0 aliphatic carbocycles. The van der Waals surface area contributed by atoms with Gasteiger partial charge in [0.15, 0.2) is 0 Å². The predicted molar refractivity (Wildman–Crippen MR) is 59.3 cm³/mol. The van der Waals surface area contributed by atoms with Gasteiger partial charge in [-0.3, -0.25) is 4.79 Å². The first kappa shape index (κ1) is 10.7. The molecule has 74 valence electrons. The molecule has 0 N–H and O–H groups in total. The van der Waals surface area contributed by atoms with Crippen LogP contribution in [0.4, 0.5) is 0 Å². The minimum absolute atomic E-state index is 0.0103. The van der Waals surface area contributed by atoms with E-state index < -0.39 is 0 Å². The van der Waals surface area contributed by atoms with Crippen molar-refractivity contribution in [3.63, 3.8) is 0 Å². The highest BCUT2D eigenvalue weighted by molar-refractivity contribution is 5.85. The molecule has 1 aromatic carbocycles. The van der Waals surface area contributed by atoms with E-state index in [2.05, 4.69) is 6.58 Å². The van der Waals surface area contributed by atoms with Crippen molar-refractivity contribution in [2.24, 2.45) is 0 Å². The fourth-order valence-corrected chi connectivity index (χ4v) is 1.39. The van der Waals surface area contributed by atoms with Crippen LogP contribution in [0.25, 0.3) is 0 Å².